The van der Waals surface area contributed by atoms with E-state index in [2.05, 4.69) is 9.97 Å². The molecule has 2 N–H and O–H groups in total. The fourth-order valence-corrected chi connectivity index (χ4v) is 4.44. The second-order valence-electron chi connectivity index (χ2n) is 5.30. The van der Waals surface area contributed by atoms with E-state index < -0.39 is 21.9 Å². The molecule has 2 aromatic heterocycles. The van der Waals surface area contributed by atoms with Crippen molar-refractivity contribution in [3.05, 3.63) is 24.5 Å². The number of aliphatic carboxylic acids is 1. The van der Waals surface area contributed by atoms with Gasteiger partial charge in [0.25, 0.3) is 0 Å². The highest BCUT2D eigenvalue weighted by atomic mass is 32.2. The Hall–Kier alpha value is -1.93. The van der Waals surface area contributed by atoms with Crippen LogP contribution in [0.2, 0.25) is 0 Å². The van der Waals surface area contributed by atoms with E-state index in [4.69, 9.17) is 5.11 Å². The Labute approximate surface area is 121 Å². The molecule has 3 rings (SSSR count). The number of aromatic nitrogens is 2. The van der Waals surface area contributed by atoms with Gasteiger partial charge in [0.15, 0.2) is 0 Å². The number of H-pyrrole nitrogens is 1. The molecule has 112 valence electrons. The zero-order valence-corrected chi connectivity index (χ0v) is 12.2. The molecule has 0 unspecified atom stereocenters. The number of rotatable bonds is 3. The maximum atomic E-state index is 12.7. The van der Waals surface area contributed by atoms with E-state index in [0.717, 1.165) is 0 Å². The van der Waals surface area contributed by atoms with Crippen LogP contribution >= 0.6 is 0 Å². The Morgan fingerprint density at radius 3 is 2.90 bits per heavy atom. The van der Waals surface area contributed by atoms with Crippen molar-refractivity contribution in [2.24, 2.45) is 11.8 Å². The first-order chi connectivity index (χ1) is 9.91. The van der Waals surface area contributed by atoms with Crippen molar-refractivity contribution in [2.45, 2.75) is 11.8 Å². The van der Waals surface area contributed by atoms with E-state index in [1.54, 1.807) is 25.3 Å². The van der Waals surface area contributed by atoms with Crippen LogP contribution in [0.3, 0.4) is 0 Å². The largest absolute Gasteiger partial charge is 0.481 e. The summed E-state index contributed by atoms with van der Waals surface area (Å²) in [5, 5.41) is 9.65. The normalized spacial score (nSPS) is 23.7. The minimum Gasteiger partial charge on any atom is -0.481 e. The number of aromatic amines is 1. The first-order valence-corrected chi connectivity index (χ1v) is 8.00. The third-order valence-corrected chi connectivity index (χ3v) is 5.80. The first kappa shape index (κ1) is 14.0. The predicted octanol–water partition coefficient (Wildman–Crippen LogP) is 0.904. The highest BCUT2D eigenvalue weighted by Gasteiger charge is 2.41. The summed E-state index contributed by atoms with van der Waals surface area (Å²) < 4.78 is 26.7. The molecule has 2 aromatic rings. The van der Waals surface area contributed by atoms with Crippen LogP contribution in [0.4, 0.5) is 0 Å². The highest BCUT2D eigenvalue weighted by molar-refractivity contribution is 7.89. The monoisotopic (exact) mass is 309 g/mol. The molecule has 0 aromatic carbocycles. The molecular weight excluding hydrogens is 294 g/mol. The second kappa shape index (κ2) is 4.81. The standard InChI is InChI=1S/C13H15N3O4S/c1-8-6-16(7-10(8)13(17)18)21(19,20)11-5-15-12-9(11)3-2-4-14-12/h2-5,8,10H,6-7H2,1H3,(H,14,15)(H,17,18)/t8-,10-/m1/s1. The molecule has 1 fully saturated rings. The quantitative estimate of drug-likeness (QED) is 0.877. The Morgan fingerprint density at radius 2 is 2.24 bits per heavy atom. The molecule has 2 atom stereocenters. The van der Waals surface area contributed by atoms with Gasteiger partial charge < -0.3 is 10.1 Å². The van der Waals surface area contributed by atoms with Crippen molar-refractivity contribution < 1.29 is 18.3 Å². The third-order valence-electron chi connectivity index (χ3n) is 3.93. The molecule has 3 heterocycles. The number of carboxylic acids is 1. The van der Waals surface area contributed by atoms with Crippen molar-refractivity contribution in [2.75, 3.05) is 13.1 Å². The number of nitrogens with zero attached hydrogens (tertiary/aromatic N) is 2. The molecule has 0 spiro atoms. The van der Waals surface area contributed by atoms with Crippen LogP contribution in [0.5, 0.6) is 0 Å². The van der Waals surface area contributed by atoms with Gasteiger partial charge in [-0.15, -0.1) is 0 Å². The van der Waals surface area contributed by atoms with Crippen LogP contribution in [0.1, 0.15) is 6.92 Å². The lowest BCUT2D eigenvalue weighted by molar-refractivity contribution is -0.142. The topological polar surface area (TPSA) is 103 Å². The number of carbonyl (C=O) groups is 1. The summed E-state index contributed by atoms with van der Waals surface area (Å²) in [4.78, 5) is 18.2. The van der Waals surface area contributed by atoms with E-state index in [1.807, 2.05) is 0 Å². The van der Waals surface area contributed by atoms with Crippen LogP contribution < -0.4 is 0 Å². The van der Waals surface area contributed by atoms with E-state index in [9.17, 15) is 13.2 Å². The van der Waals surface area contributed by atoms with Gasteiger partial charge >= 0.3 is 5.97 Å². The first-order valence-electron chi connectivity index (χ1n) is 6.56. The van der Waals surface area contributed by atoms with Crippen molar-refractivity contribution in [3.8, 4) is 0 Å². The Morgan fingerprint density at radius 1 is 1.48 bits per heavy atom. The minimum atomic E-state index is -3.72. The van der Waals surface area contributed by atoms with Gasteiger partial charge in [-0.1, -0.05) is 6.92 Å². The maximum Gasteiger partial charge on any atom is 0.308 e. The van der Waals surface area contributed by atoms with Gasteiger partial charge in [0.2, 0.25) is 10.0 Å². The second-order valence-corrected chi connectivity index (χ2v) is 7.20. The van der Waals surface area contributed by atoms with Crippen LogP contribution in [0.25, 0.3) is 11.0 Å². The lowest BCUT2D eigenvalue weighted by Crippen LogP contribution is -2.30. The Kier molecular flexibility index (Phi) is 3.22. The van der Waals surface area contributed by atoms with E-state index in [-0.39, 0.29) is 23.9 Å². The average Bonchev–Trinajstić information content (AvgIpc) is 3.02. The van der Waals surface area contributed by atoms with Crippen LogP contribution in [-0.4, -0.2) is 46.9 Å². The number of nitrogens with one attached hydrogen (secondary N) is 1. The molecular formula is C13H15N3O4S. The molecule has 0 amide bonds. The summed E-state index contributed by atoms with van der Waals surface area (Å²) in [7, 11) is -3.72. The molecule has 7 nitrogen and oxygen atoms in total. The average molecular weight is 309 g/mol. The molecule has 0 radical (unpaired) electrons. The lowest BCUT2D eigenvalue weighted by Gasteiger charge is -2.15. The van der Waals surface area contributed by atoms with Gasteiger partial charge in [-0.05, 0) is 18.1 Å². The number of hydrogen-bond donors (Lipinski definition) is 2. The van der Waals surface area contributed by atoms with Gasteiger partial charge in [-0.2, -0.15) is 4.31 Å². The third kappa shape index (κ3) is 2.20. The minimum absolute atomic E-state index is 0.00572. The van der Waals surface area contributed by atoms with Crippen molar-refractivity contribution >= 4 is 27.0 Å². The van der Waals surface area contributed by atoms with E-state index in [1.165, 1.54) is 10.5 Å². The molecule has 0 aliphatic carbocycles. The summed E-state index contributed by atoms with van der Waals surface area (Å²) in [6, 6.07) is 3.35. The van der Waals surface area contributed by atoms with Crippen LogP contribution in [0, 0.1) is 11.8 Å². The summed E-state index contributed by atoms with van der Waals surface area (Å²) in [5.41, 5.74) is 0.498. The summed E-state index contributed by atoms with van der Waals surface area (Å²) in [6.07, 6.45) is 2.99. The number of sulfonamides is 1. The maximum absolute atomic E-state index is 12.7. The molecule has 21 heavy (non-hydrogen) atoms. The zero-order chi connectivity index (χ0) is 15.2. The summed E-state index contributed by atoms with van der Waals surface area (Å²) in [5.74, 6) is -1.83. The predicted molar refractivity (Wildman–Crippen MR) is 75.1 cm³/mol. The molecule has 8 heteroatoms. The number of pyridine rings is 1. The number of hydrogen-bond acceptors (Lipinski definition) is 4. The van der Waals surface area contributed by atoms with Crippen LogP contribution in [-0.2, 0) is 14.8 Å². The molecule has 0 bridgehead atoms. The van der Waals surface area contributed by atoms with Crippen molar-refractivity contribution in [1.29, 1.82) is 0 Å². The van der Waals surface area contributed by atoms with E-state index >= 15 is 0 Å². The number of carboxylic acid groups (broad SMARTS) is 1. The van der Waals surface area contributed by atoms with Gasteiger partial charge in [-0.25, -0.2) is 13.4 Å². The Balaban J connectivity index is 2.00. The lowest BCUT2D eigenvalue weighted by atomic mass is 9.99. The summed E-state index contributed by atoms with van der Waals surface area (Å²) in [6.45, 7) is 1.98. The zero-order valence-electron chi connectivity index (χ0n) is 11.4. The fraction of sp³-hybridized carbons (Fsp3) is 0.385. The SMILES string of the molecule is C[C@@H]1CN(S(=O)(=O)c2c[nH]c3ncccc23)C[C@H]1C(=O)O. The van der Waals surface area contributed by atoms with Gasteiger partial charge in [0.1, 0.15) is 10.5 Å². The van der Waals surface area contributed by atoms with Crippen molar-refractivity contribution in [3.63, 3.8) is 0 Å². The molecule has 0 saturated carbocycles. The van der Waals surface area contributed by atoms with Crippen LogP contribution in [0.15, 0.2) is 29.4 Å². The molecule has 1 saturated heterocycles. The summed E-state index contributed by atoms with van der Waals surface area (Å²) >= 11 is 0. The highest BCUT2D eigenvalue weighted by Crippen LogP contribution is 2.31. The van der Waals surface area contributed by atoms with E-state index in [0.29, 0.717) is 11.0 Å². The fourth-order valence-electron chi connectivity index (χ4n) is 2.72. The van der Waals surface area contributed by atoms with Gasteiger partial charge in [-0.3, -0.25) is 4.79 Å². The van der Waals surface area contributed by atoms with Gasteiger partial charge in [0, 0.05) is 30.9 Å². The smallest absolute Gasteiger partial charge is 0.308 e. The number of fused-ring (bicyclic) bond motifs is 1. The molecule has 1 aliphatic rings. The van der Waals surface area contributed by atoms with Crippen molar-refractivity contribution in [1.82, 2.24) is 14.3 Å². The Bertz CT molecular complexity index is 799. The van der Waals surface area contributed by atoms with Gasteiger partial charge in [0.05, 0.1) is 5.92 Å². The molecule has 1 aliphatic heterocycles.